The van der Waals surface area contributed by atoms with Crippen molar-refractivity contribution >= 4 is 15.8 Å². The van der Waals surface area contributed by atoms with Crippen molar-refractivity contribution in [1.29, 1.82) is 0 Å². The molecule has 0 atom stereocenters. The van der Waals surface area contributed by atoms with Crippen molar-refractivity contribution in [1.82, 2.24) is 9.29 Å². The summed E-state index contributed by atoms with van der Waals surface area (Å²) < 4.78 is 39.3. The molecule has 2 rings (SSSR count). The molecule has 1 aromatic heterocycles. The lowest BCUT2D eigenvalue weighted by atomic mass is 10.2. The molecule has 0 radical (unpaired) electrons. The molecule has 1 N–H and O–H groups in total. The van der Waals surface area contributed by atoms with Crippen LogP contribution in [0.2, 0.25) is 0 Å². The highest BCUT2D eigenvalue weighted by molar-refractivity contribution is 7.89. The van der Waals surface area contributed by atoms with Gasteiger partial charge < -0.3 is 5.32 Å². The van der Waals surface area contributed by atoms with Gasteiger partial charge in [-0.25, -0.2) is 17.8 Å². The van der Waals surface area contributed by atoms with E-state index in [0.29, 0.717) is 11.4 Å². The van der Waals surface area contributed by atoms with Gasteiger partial charge in [-0.2, -0.15) is 4.31 Å². The Morgan fingerprint density at radius 2 is 2.05 bits per heavy atom. The highest BCUT2D eigenvalue weighted by Gasteiger charge is 2.21. The summed E-state index contributed by atoms with van der Waals surface area (Å²) in [6.07, 6.45) is 1.43. The molecule has 0 aliphatic carbocycles. The molecule has 21 heavy (non-hydrogen) atoms. The summed E-state index contributed by atoms with van der Waals surface area (Å²) in [7, 11) is -0.532. The van der Waals surface area contributed by atoms with E-state index in [1.54, 1.807) is 19.2 Å². The zero-order valence-corrected chi connectivity index (χ0v) is 12.6. The van der Waals surface area contributed by atoms with E-state index in [9.17, 15) is 12.8 Å². The monoisotopic (exact) mass is 309 g/mol. The predicted molar refractivity (Wildman–Crippen MR) is 78.8 cm³/mol. The van der Waals surface area contributed by atoms with E-state index in [4.69, 9.17) is 0 Å². The summed E-state index contributed by atoms with van der Waals surface area (Å²) in [5.74, 6) is 0.0786. The maximum absolute atomic E-state index is 13.2. The molecule has 2 aromatic rings. The van der Waals surface area contributed by atoms with Gasteiger partial charge in [0, 0.05) is 32.9 Å². The van der Waals surface area contributed by atoms with Gasteiger partial charge in [-0.15, -0.1) is 0 Å². The van der Waals surface area contributed by atoms with Crippen molar-refractivity contribution < 1.29 is 12.8 Å². The number of nitrogens with one attached hydrogen (secondary N) is 1. The maximum Gasteiger partial charge on any atom is 0.243 e. The molecule has 0 unspecified atom stereocenters. The quantitative estimate of drug-likeness (QED) is 0.918. The zero-order chi connectivity index (χ0) is 15.5. The first-order valence-electron chi connectivity index (χ1n) is 6.28. The molecule has 1 heterocycles. The largest absolute Gasteiger partial charge is 0.373 e. The summed E-state index contributed by atoms with van der Waals surface area (Å²) in [6, 6.07) is 8.75. The molecule has 0 bridgehead atoms. The Kier molecular flexibility index (Phi) is 4.54. The second-order valence-corrected chi connectivity index (χ2v) is 6.56. The fourth-order valence-electron chi connectivity index (χ4n) is 1.87. The molecule has 0 aliphatic heterocycles. The minimum absolute atomic E-state index is 0.0945. The molecule has 0 spiro atoms. The number of hydrogen-bond donors (Lipinski definition) is 1. The lowest BCUT2D eigenvalue weighted by Crippen LogP contribution is -2.26. The number of rotatable bonds is 5. The zero-order valence-electron chi connectivity index (χ0n) is 11.7. The maximum atomic E-state index is 13.2. The third kappa shape index (κ3) is 3.56. The van der Waals surface area contributed by atoms with Crippen molar-refractivity contribution in [2.45, 2.75) is 11.4 Å². The average molecular weight is 309 g/mol. The first-order chi connectivity index (χ1) is 9.93. The highest BCUT2D eigenvalue weighted by atomic mass is 32.2. The minimum Gasteiger partial charge on any atom is -0.373 e. The Bertz CT molecular complexity index is 735. The van der Waals surface area contributed by atoms with E-state index in [1.165, 1.54) is 41.8 Å². The van der Waals surface area contributed by atoms with E-state index in [-0.39, 0.29) is 17.3 Å². The molecule has 0 saturated carbocycles. The standard InChI is InChI=1S/C14H16FN3O2S/c1-16-14-9-13(6-7-17-14)21(19,20)18(2)10-11-4-3-5-12(15)8-11/h3-9H,10H2,1-2H3,(H,16,17). The van der Waals surface area contributed by atoms with Gasteiger partial charge in [0.1, 0.15) is 11.6 Å². The van der Waals surface area contributed by atoms with Gasteiger partial charge in [0.25, 0.3) is 0 Å². The first kappa shape index (κ1) is 15.4. The smallest absolute Gasteiger partial charge is 0.243 e. The lowest BCUT2D eigenvalue weighted by molar-refractivity contribution is 0.465. The Balaban J connectivity index is 2.26. The number of hydrogen-bond acceptors (Lipinski definition) is 4. The van der Waals surface area contributed by atoms with Crippen LogP contribution >= 0.6 is 0 Å². The molecule has 7 heteroatoms. The number of halogens is 1. The van der Waals surface area contributed by atoms with Crippen LogP contribution in [0.1, 0.15) is 5.56 Å². The van der Waals surface area contributed by atoms with Crippen molar-refractivity contribution in [3.05, 3.63) is 54.0 Å². The molecular weight excluding hydrogens is 293 g/mol. The molecular formula is C14H16FN3O2S. The van der Waals surface area contributed by atoms with Gasteiger partial charge in [-0.05, 0) is 23.8 Å². The molecule has 112 valence electrons. The number of nitrogens with zero attached hydrogens (tertiary/aromatic N) is 2. The summed E-state index contributed by atoms with van der Waals surface area (Å²) in [5, 5.41) is 2.79. The Hall–Kier alpha value is -1.99. The number of pyridine rings is 1. The van der Waals surface area contributed by atoms with Crippen LogP contribution in [0.25, 0.3) is 0 Å². The highest BCUT2D eigenvalue weighted by Crippen LogP contribution is 2.18. The van der Waals surface area contributed by atoms with Gasteiger partial charge in [0.05, 0.1) is 4.90 Å². The number of sulfonamides is 1. The Morgan fingerprint density at radius 3 is 2.71 bits per heavy atom. The Labute approximate surface area is 123 Å². The molecule has 5 nitrogen and oxygen atoms in total. The van der Waals surface area contributed by atoms with Crippen LogP contribution in [-0.2, 0) is 16.6 Å². The molecule has 0 fully saturated rings. The molecule has 0 saturated heterocycles. The van der Waals surface area contributed by atoms with Gasteiger partial charge in [-0.1, -0.05) is 12.1 Å². The van der Waals surface area contributed by atoms with E-state index >= 15 is 0 Å². The van der Waals surface area contributed by atoms with Crippen LogP contribution in [0.3, 0.4) is 0 Å². The molecule has 0 amide bonds. The van der Waals surface area contributed by atoms with Crippen LogP contribution in [0.15, 0.2) is 47.5 Å². The number of aromatic nitrogens is 1. The van der Waals surface area contributed by atoms with Crippen LogP contribution < -0.4 is 5.32 Å². The van der Waals surface area contributed by atoms with E-state index in [1.807, 2.05) is 0 Å². The number of anilines is 1. The SMILES string of the molecule is CNc1cc(S(=O)(=O)N(C)Cc2cccc(F)c2)ccn1. The Morgan fingerprint density at radius 1 is 1.29 bits per heavy atom. The van der Waals surface area contributed by atoms with E-state index in [2.05, 4.69) is 10.3 Å². The van der Waals surface area contributed by atoms with E-state index in [0.717, 1.165) is 0 Å². The van der Waals surface area contributed by atoms with Crippen LogP contribution in [0, 0.1) is 5.82 Å². The molecule has 1 aromatic carbocycles. The summed E-state index contributed by atoms with van der Waals surface area (Å²) in [5.41, 5.74) is 0.587. The van der Waals surface area contributed by atoms with E-state index < -0.39 is 10.0 Å². The van der Waals surface area contributed by atoms with Gasteiger partial charge in [0.15, 0.2) is 0 Å². The van der Waals surface area contributed by atoms with Crippen LogP contribution in [0.4, 0.5) is 10.2 Å². The topological polar surface area (TPSA) is 62.3 Å². The normalized spacial score (nSPS) is 11.6. The fourth-order valence-corrected chi connectivity index (χ4v) is 3.04. The predicted octanol–water partition coefficient (Wildman–Crippen LogP) is 2.08. The lowest BCUT2D eigenvalue weighted by Gasteiger charge is -2.17. The number of benzene rings is 1. The first-order valence-corrected chi connectivity index (χ1v) is 7.72. The van der Waals surface area contributed by atoms with Gasteiger partial charge in [0.2, 0.25) is 10.0 Å². The summed E-state index contributed by atoms with van der Waals surface area (Å²) >= 11 is 0. The minimum atomic E-state index is -3.65. The summed E-state index contributed by atoms with van der Waals surface area (Å²) in [6.45, 7) is 0.0945. The molecule has 0 aliphatic rings. The van der Waals surface area contributed by atoms with Crippen molar-refractivity contribution in [2.75, 3.05) is 19.4 Å². The fraction of sp³-hybridized carbons (Fsp3) is 0.214. The van der Waals surface area contributed by atoms with Crippen LogP contribution in [-0.4, -0.2) is 31.8 Å². The summed E-state index contributed by atoms with van der Waals surface area (Å²) in [4.78, 5) is 4.12. The third-order valence-corrected chi connectivity index (χ3v) is 4.79. The van der Waals surface area contributed by atoms with Gasteiger partial charge >= 0.3 is 0 Å². The third-order valence-electron chi connectivity index (χ3n) is 2.99. The second kappa shape index (κ2) is 6.19. The second-order valence-electron chi connectivity index (χ2n) is 4.52. The average Bonchev–Trinajstić information content (AvgIpc) is 2.47. The van der Waals surface area contributed by atoms with Crippen LogP contribution in [0.5, 0.6) is 0 Å². The van der Waals surface area contributed by atoms with Crippen molar-refractivity contribution in [3.63, 3.8) is 0 Å². The van der Waals surface area contributed by atoms with Crippen molar-refractivity contribution in [3.8, 4) is 0 Å². The van der Waals surface area contributed by atoms with Gasteiger partial charge in [-0.3, -0.25) is 0 Å². The van der Waals surface area contributed by atoms with Crippen molar-refractivity contribution in [2.24, 2.45) is 0 Å².